The summed E-state index contributed by atoms with van der Waals surface area (Å²) in [5.41, 5.74) is 3.94. The summed E-state index contributed by atoms with van der Waals surface area (Å²) >= 11 is 1.22. The molecule has 0 saturated heterocycles. The first-order valence-corrected chi connectivity index (χ1v) is 10.4. The molecule has 4 aromatic rings. The summed E-state index contributed by atoms with van der Waals surface area (Å²) in [5, 5.41) is 3.90. The third kappa shape index (κ3) is 4.11. The summed E-state index contributed by atoms with van der Waals surface area (Å²) in [6.07, 6.45) is 3.25. The number of aryl methyl sites for hydroxylation is 2. The maximum atomic E-state index is 13.1. The van der Waals surface area contributed by atoms with Crippen LogP contribution in [0.5, 0.6) is 0 Å². The number of nitrogens with zero attached hydrogens (tertiary/aromatic N) is 3. The highest BCUT2D eigenvalue weighted by Gasteiger charge is 2.15. The molecule has 2 aromatic heterocycles. The van der Waals surface area contributed by atoms with Crippen molar-refractivity contribution in [3.63, 3.8) is 0 Å². The molecular formula is C23H20N4O2S. The van der Waals surface area contributed by atoms with Gasteiger partial charge in [0, 0.05) is 11.9 Å². The summed E-state index contributed by atoms with van der Waals surface area (Å²) in [6, 6.07) is 16.6. The first-order valence-electron chi connectivity index (χ1n) is 9.45. The summed E-state index contributed by atoms with van der Waals surface area (Å²) < 4.78 is 1.50. The van der Waals surface area contributed by atoms with E-state index in [1.807, 2.05) is 44.2 Å². The molecule has 0 aliphatic carbocycles. The van der Waals surface area contributed by atoms with Gasteiger partial charge in [-0.25, -0.2) is 4.98 Å². The van der Waals surface area contributed by atoms with Gasteiger partial charge in [0.15, 0.2) is 5.16 Å². The smallest absolute Gasteiger partial charge is 0.266 e. The zero-order chi connectivity index (χ0) is 21.1. The van der Waals surface area contributed by atoms with Crippen LogP contribution in [-0.4, -0.2) is 26.2 Å². The molecule has 0 unspecified atom stereocenters. The van der Waals surface area contributed by atoms with Gasteiger partial charge in [0.2, 0.25) is 5.91 Å². The minimum atomic E-state index is -0.189. The van der Waals surface area contributed by atoms with E-state index >= 15 is 0 Å². The number of para-hydroxylation sites is 1. The minimum Gasteiger partial charge on any atom is -0.325 e. The van der Waals surface area contributed by atoms with Crippen molar-refractivity contribution >= 4 is 34.3 Å². The van der Waals surface area contributed by atoms with Crippen LogP contribution in [0.2, 0.25) is 0 Å². The normalized spacial score (nSPS) is 10.9. The number of fused-ring (bicyclic) bond motifs is 1. The Hall–Kier alpha value is -3.45. The van der Waals surface area contributed by atoms with Gasteiger partial charge < -0.3 is 5.32 Å². The highest BCUT2D eigenvalue weighted by Crippen LogP contribution is 2.22. The molecule has 2 aromatic carbocycles. The molecule has 6 nitrogen and oxygen atoms in total. The SMILES string of the molecule is Cc1ccc(NC(=O)CSc2nc3ccccc3c(=O)n2-c2cccnc2)c(C)c1. The maximum Gasteiger partial charge on any atom is 0.266 e. The number of hydrogen-bond acceptors (Lipinski definition) is 5. The highest BCUT2D eigenvalue weighted by atomic mass is 32.2. The van der Waals surface area contributed by atoms with Crippen molar-refractivity contribution in [2.24, 2.45) is 0 Å². The van der Waals surface area contributed by atoms with E-state index in [1.54, 1.807) is 36.7 Å². The summed E-state index contributed by atoms with van der Waals surface area (Å²) in [4.78, 5) is 34.5. The van der Waals surface area contributed by atoms with Crippen molar-refractivity contribution in [1.82, 2.24) is 14.5 Å². The number of anilines is 1. The van der Waals surface area contributed by atoms with Crippen LogP contribution in [0.25, 0.3) is 16.6 Å². The number of aromatic nitrogens is 3. The number of nitrogens with one attached hydrogen (secondary N) is 1. The van der Waals surface area contributed by atoms with Crippen LogP contribution < -0.4 is 10.9 Å². The monoisotopic (exact) mass is 416 g/mol. The predicted molar refractivity (Wildman–Crippen MR) is 120 cm³/mol. The Kier molecular flexibility index (Phi) is 5.63. The highest BCUT2D eigenvalue weighted by molar-refractivity contribution is 7.99. The second-order valence-electron chi connectivity index (χ2n) is 6.92. The van der Waals surface area contributed by atoms with Gasteiger partial charge in [-0.3, -0.25) is 19.1 Å². The zero-order valence-electron chi connectivity index (χ0n) is 16.6. The molecule has 0 bridgehead atoms. The Morgan fingerprint density at radius 3 is 2.70 bits per heavy atom. The molecule has 30 heavy (non-hydrogen) atoms. The van der Waals surface area contributed by atoms with E-state index in [2.05, 4.69) is 15.3 Å². The van der Waals surface area contributed by atoms with Crippen LogP contribution in [0.15, 0.2) is 76.9 Å². The Morgan fingerprint density at radius 2 is 1.93 bits per heavy atom. The number of rotatable bonds is 5. The molecule has 0 fully saturated rings. The van der Waals surface area contributed by atoms with E-state index in [0.29, 0.717) is 21.7 Å². The van der Waals surface area contributed by atoms with Crippen LogP contribution in [0.4, 0.5) is 5.69 Å². The van der Waals surface area contributed by atoms with Crippen molar-refractivity contribution in [2.45, 2.75) is 19.0 Å². The van der Waals surface area contributed by atoms with Gasteiger partial charge in [-0.15, -0.1) is 0 Å². The molecule has 0 saturated carbocycles. The van der Waals surface area contributed by atoms with Crippen LogP contribution in [0, 0.1) is 13.8 Å². The van der Waals surface area contributed by atoms with Gasteiger partial charge in [-0.1, -0.05) is 41.6 Å². The van der Waals surface area contributed by atoms with E-state index in [4.69, 9.17) is 0 Å². The average molecular weight is 417 g/mol. The number of carbonyl (C=O) groups excluding carboxylic acids is 1. The third-order valence-electron chi connectivity index (χ3n) is 4.64. The number of thioether (sulfide) groups is 1. The number of carbonyl (C=O) groups is 1. The van der Waals surface area contributed by atoms with Crippen LogP contribution in [-0.2, 0) is 4.79 Å². The van der Waals surface area contributed by atoms with Crippen molar-refractivity contribution in [2.75, 3.05) is 11.1 Å². The molecule has 1 amide bonds. The fraction of sp³-hybridized carbons (Fsp3) is 0.130. The van der Waals surface area contributed by atoms with Crippen LogP contribution >= 0.6 is 11.8 Å². The topological polar surface area (TPSA) is 76.9 Å². The number of benzene rings is 2. The molecule has 7 heteroatoms. The lowest BCUT2D eigenvalue weighted by Gasteiger charge is -2.13. The van der Waals surface area contributed by atoms with E-state index < -0.39 is 0 Å². The molecule has 0 aliphatic heterocycles. The van der Waals surface area contributed by atoms with Crippen molar-refractivity contribution in [3.8, 4) is 5.69 Å². The Labute approximate surface area is 178 Å². The molecule has 1 N–H and O–H groups in total. The first-order chi connectivity index (χ1) is 14.5. The van der Waals surface area contributed by atoms with Crippen LogP contribution in [0.1, 0.15) is 11.1 Å². The summed E-state index contributed by atoms with van der Waals surface area (Å²) in [5.74, 6) is -0.0367. The molecule has 0 spiro atoms. The number of hydrogen-bond donors (Lipinski definition) is 1. The van der Waals surface area contributed by atoms with Crippen LogP contribution in [0.3, 0.4) is 0 Å². The molecule has 0 atom stereocenters. The largest absolute Gasteiger partial charge is 0.325 e. The summed E-state index contributed by atoms with van der Waals surface area (Å²) in [6.45, 7) is 3.97. The lowest BCUT2D eigenvalue weighted by atomic mass is 10.1. The van der Waals surface area contributed by atoms with Crippen molar-refractivity contribution < 1.29 is 4.79 Å². The van der Waals surface area contributed by atoms with Gasteiger partial charge in [-0.05, 0) is 49.7 Å². The average Bonchev–Trinajstić information content (AvgIpc) is 2.75. The predicted octanol–water partition coefficient (Wildman–Crippen LogP) is 4.13. The quantitative estimate of drug-likeness (QED) is 0.391. The number of pyridine rings is 1. The van der Waals surface area contributed by atoms with E-state index in [-0.39, 0.29) is 17.2 Å². The second-order valence-corrected chi connectivity index (χ2v) is 7.86. The Bertz CT molecular complexity index is 1290. The molecular weight excluding hydrogens is 396 g/mol. The van der Waals surface area contributed by atoms with E-state index in [0.717, 1.165) is 16.8 Å². The number of amides is 1. The lowest BCUT2D eigenvalue weighted by Crippen LogP contribution is -2.23. The molecule has 0 aliphatic rings. The molecule has 150 valence electrons. The fourth-order valence-electron chi connectivity index (χ4n) is 3.19. The van der Waals surface area contributed by atoms with Gasteiger partial charge >= 0.3 is 0 Å². The van der Waals surface area contributed by atoms with Gasteiger partial charge in [0.25, 0.3) is 5.56 Å². The molecule has 2 heterocycles. The Balaban J connectivity index is 1.65. The minimum absolute atomic E-state index is 0.123. The fourth-order valence-corrected chi connectivity index (χ4v) is 4.01. The zero-order valence-corrected chi connectivity index (χ0v) is 17.4. The maximum absolute atomic E-state index is 13.1. The second kappa shape index (κ2) is 8.51. The third-order valence-corrected chi connectivity index (χ3v) is 5.58. The van der Waals surface area contributed by atoms with Crippen molar-refractivity contribution in [1.29, 1.82) is 0 Å². The summed E-state index contributed by atoms with van der Waals surface area (Å²) in [7, 11) is 0. The molecule has 4 rings (SSSR count). The van der Waals surface area contributed by atoms with Gasteiger partial charge in [0.1, 0.15) is 0 Å². The lowest BCUT2D eigenvalue weighted by molar-refractivity contribution is -0.113. The molecule has 0 radical (unpaired) electrons. The Morgan fingerprint density at radius 1 is 1.10 bits per heavy atom. The van der Waals surface area contributed by atoms with E-state index in [1.165, 1.54) is 16.3 Å². The standard InChI is InChI=1S/C23H20N4O2S/c1-15-9-10-19(16(2)12-15)25-21(28)14-30-23-26-20-8-4-3-7-18(20)22(29)27(23)17-6-5-11-24-13-17/h3-13H,14H2,1-2H3,(H,25,28). The van der Waals surface area contributed by atoms with Gasteiger partial charge in [-0.2, -0.15) is 0 Å². The van der Waals surface area contributed by atoms with Gasteiger partial charge in [0.05, 0.1) is 28.5 Å². The first kappa shape index (κ1) is 19.8. The van der Waals surface area contributed by atoms with E-state index in [9.17, 15) is 9.59 Å². The van der Waals surface area contributed by atoms with Crippen molar-refractivity contribution in [3.05, 3.63) is 88.5 Å².